The van der Waals surface area contributed by atoms with Crippen LogP contribution in [0.3, 0.4) is 0 Å². The number of nitrogens with two attached hydrogens (primary N) is 1. The van der Waals surface area contributed by atoms with Gasteiger partial charge in [-0.1, -0.05) is 17.7 Å². The van der Waals surface area contributed by atoms with E-state index in [-0.39, 0.29) is 34.0 Å². The molecule has 8 heteroatoms. The summed E-state index contributed by atoms with van der Waals surface area (Å²) in [5.74, 6) is -0.496. The SMILES string of the molecule is CNC(=O)C1CCCN(S(=O)(=O)c2c(N)cccc2Cl)C1. The zero-order valence-corrected chi connectivity index (χ0v) is 13.2. The molecule has 0 aliphatic carbocycles. The van der Waals surface area contributed by atoms with Crippen molar-refractivity contribution in [1.82, 2.24) is 9.62 Å². The van der Waals surface area contributed by atoms with Gasteiger partial charge in [0.25, 0.3) is 0 Å². The van der Waals surface area contributed by atoms with Crippen LogP contribution in [-0.4, -0.2) is 38.8 Å². The molecule has 0 saturated carbocycles. The number of anilines is 1. The molecule has 2 rings (SSSR count). The van der Waals surface area contributed by atoms with Gasteiger partial charge in [-0.25, -0.2) is 8.42 Å². The number of piperidine rings is 1. The molecule has 116 valence electrons. The summed E-state index contributed by atoms with van der Waals surface area (Å²) < 4.78 is 26.7. The van der Waals surface area contributed by atoms with Crippen molar-refractivity contribution in [1.29, 1.82) is 0 Å². The third kappa shape index (κ3) is 3.14. The fraction of sp³-hybridized carbons (Fsp3) is 0.462. The Kier molecular flexibility index (Phi) is 4.75. The van der Waals surface area contributed by atoms with Crippen LogP contribution in [0.2, 0.25) is 5.02 Å². The van der Waals surface area contributed by atoms with Gasteiger partial charge < -0.3 is 11.1 Å². The maximum atomic E-state index is 12.7. The summed E-state index contributed by atoms with van der Waals surface area (Å²) in [7, 11) is -2.26. The summed E-state index contributed by atoms with van der Waals surface area (Å²) in [6, 6.07) is 4.59. The van der Waals surface area contributed by atoms with E-state index in [9.17, 15) is 13.2 Å². The van der Waals surface area contributed by atoms with Crippen molar-refractivity contribution in [2.45, 2.75) is 17.7 Å². The number of amides is 1. The van der Waals surface area contributed by atoms with Crippen LogP contribution in [0.4, 0.5) is 5.69 Å². The fourth-order valence-electron chi connectivity index (χ4n) is 2.51. The molecule has 6 nitrogen and oxygen atoms in total. The molecule has 1 saturated heterocycles. The highest BCUT2D eigenvalue weighted by molar-refractivity contribution is 7.89. The van der Waals surface area contributed by atoms with Crippen molar-refractivity contribution in [3.63, 3.8) is 0 Å². The van der Waals surface area contributed by atoms with Gasteiger partial charge in [-0.3, -0.25) is 4.79 Å². The maximum absolute atomic E-state index is 12.7. The lowest BCUT2D eigenvalue weighted by Crippen LogP contribution is -2.44. The van der Waals surface area contributed by atoms with Crippen molar-refractivity contribution < 1.29 is 13.2 Å². The smallest absolute Gasteiger partial charge is 0.246 e. The molecule has 1 amide bonds. The first-order valence-electron chi connectivity index (χ1n) is 6.63. The molecule has 1 aliphatic heterocycles. The van der Waals surface area contributed by atoms with Gasteiger partial charge in [-0.15, -0.1) is 0 Å². The molecule has 3 N–H and O–H groups in total. The van der Waals surface area contributed by atoms with Gasteiger partial charge in [-0.05, 0) is 25.0 Å². The van der Waals surface area contributed by atoms with E-state index in [2.05, 4.69) is 5.32 Å². The summed E-state index contributed by atoms with van der Waals surface area (Å²) >= 11 is 5.99. The largest absolute Gasteiger partial charge is 0.398 e. The predicted octanol–water partition coefficient (Wildman–Crippen LogP) is 1.07. The minimum atomic E-state index is -3.80. The first-order chi connectivity index (χ1) is 9.87. The molecule has 1 atom stereocenters. The Morgan fingerprint density at radius 3 is 2.81 bits per heavy atom. The zero-order valence-electron chi connectivity index (χ0n) is 11.7. The number of sulfonamides is 1. The number of benzene rings is 1. The zero-order chi connectivity index (χ0) is 15.6. The molecule has 1 aromatic carbocycles. The van der Waals surface area contributed by atoms with E-state index in [0.29, 0.717) is 19.4 Å². The Labute approximate surface area is 129 Å². The number of carbonyl (C=O) groups is 1. The molecule has 1 aromatic rings. The molecule has 1 unspecified atom stereocenters. The van der Waals surface area contributed by atoms with E-state index in [1.54, 1.807) is 13.1 Å². The van der Waals surface area contributed by atoms with Crippen LogP contribution in [0, 0.1) is 5.92 Å². The van der Waals surface area contributed by atoms with E-state index in [0.717, 1.165) is 0 Å². The Balaban J connectivity index is 2.33. The monoisotopic (exact) mass is 331 g/mol. The summed E-state index contributed by atoms with van der Waals surface area (Å²) in [6.07, 6.45) is 1.30. The average Bonchev–Trinajstić information content (AvgIpc) is 2.46. The number of nitrogens with zero attached hydrogens (tertiary/aromatic N) is 1. The highest BCUT2D eigenvalue weighted by Crippen LogP contribution is 2.32. The van der Waals surface area contributed by atoms with Crippen LogP contribution >= 0.6 is 11.6 Å². The van der Waals surface area contributed by atoms with E-state index >= 15 is 0 Å². The van der Waals surface area contributed by atoms with Gasteiger partial charge in [0.15, 0.2) is 0 Å². The molecule has 0 spiro atoms. The maximum Gasteiger partial charge on any atom is 0.246 e. The minimum absolute atomic E-state index is 0.0794. The average molecular weight is 332 g/mol. The van der Waals surface area contributed by atoms with Crippen molar-refractivity contribution in [3.8, 4) is 0 Å². The third-order valence-corrected chi connectivity index (χ3v) is 6.01. The first-order valence-corrected chi connectivity index (χ1v) is 8.45. The molecule has 0 bridgehead atoms. The molecule has 0 radical (unpaired) electrons. The summed E-state index contributed by atoms with van der Waals surface area (Å²) in [6.45, 7) is 0.507. The van der Waals surface area contributed by atoms with Crippen LogP contribution in [0.1, 0.15) is 12.8 Å². The predicted molar refractivity (Wildman–Crippen MR) is 81.4 cm³/mol. The topological polar surface area (TPSA) is 92.5 Å². The number of hydrogen-bond donors (Lipinski definition) is 2. The minimum Gasteiger partial charge on any atom is -0.398 e. The standard InChI is InChI=1S/C13H18ClN3O3S/c1-16-13(18)9-4-3-7-17(8-9)21(19,20)12-10(14)5-2-6-11(12)15/h2,5-6,9H,3-4,7-8,15H2,1H3,(H,16,18). The second-order valence-electron chi connectivity index (χ2n) is 4.97. The molecule has 0 aromatic heterocycles. The van der Waals surface area contributed by atoms with Crippen molar-refractivity contribution in [3.05, 3.63) is 23.2 Å². The van der Waals surface area contributed by atoms with E-state index in [4.69, 9.17) is 17.3 Å². The van der Waals surface area contributed by atoms with Crippen LogP contribution in [0.5, 0.6) is 0 Å². The Morgan fingerprint density at radius 2 is 2.19 bits per heavy atom. The normalized spacial score (nSPS) is 20.2. The molecular formula is C13H18ClN3O3S. The van der Waals surface area contributed by atoms with Gasteiger partial charge in [0.1, 0.15) is 4.90 Å². The number of nitrogens with one attached hydrogen (secondary N) is 1. The fourth-order valence-corrected chi connectivity index (χ4v) is 4.66. The van der Waals surface area contributed by atoms with Gasteiger partial charge >= 0.3 is 0 Å². The van der Waals surface area contributed by atoms with Gasteiger partial charge in [0, 0.05) is 20.1 Å². The number of rotatable bonds is 3. The number of nitrogen functional groups attached to an aromatic ring is 1. The second kappa shape index (κ2) is 6.21. The van der Waals surface area contributed by atoms with Gasteiger partial charge in [0.2, 0.25) is 15.9 Å². The lowest BCUT2D eigenvalue weighted by molar-refractivity contribution is -0.125. The highest BCUT2D eigenvalue weighted by atomic mass is 35.5. The lowest BCUT2D eigenvalue weighted by Gasteiger charge is -2.31. The summed E-state index contributed by atoms with van der Waals surface area (Å²) in [5.41, 5.74) is 5.88. The van der Waals surface area contributed by atoms with Crippen molar-refractivity contribution in [2.75, 3.05) is 25.9 Å². The molecule has 1 aliphatic rings. The Hall–Kier alpha value is -1.31. The Morgan fingerprint density at radius 1 is 1.48 bits per heavy atom. The third-order valence-electron chi connectivity index (χ3n) is 3.60. The quantitative estimate of drug-likeness (QED) is 0.810. The molecular weight excluding hydrogens is 314 g/mol. The van der Waals surface area contributed by atoms with E-state index < -0.39 is 10.0 Å². The van der Waals surface area contributed by atoms with Crippen molar-refractivity contribution >= 4 is 33.2 Å². The Bertz CT molecular complexity index is 628. The van der Waals surface area contributed by atoms with Gasteiger partial charge in [0.05, 0.1) is 16.6 Å². The van der Waals surface area contributed by atoms with Crippen LogP contribution in [-0.2, 0) is 14.8 Å². The summed E-state index contributed by atoms with van der Waals surface area (Å²) in [4.78, 5) is 11.6. The number of carbonyl (C=O) groups excluding carboxylic acids is 1. The number of hydrogen-bond acceptors (Lipinski definition) is 4. The van der Waals surface area contributed by atoms with Crippen LogP contribution in [0.25, 0.3) is 0 Å². The van der Waals surface area contributed by atoms with Crippen LogP contribution in [0.15, 0.2) is 23.1 Å². The highest BCUT2D eigenvalue weighted by Gasteiger charge is 2.35. The van der Waals surface area contributed by atoms with E-state index in [1.165, 1.54) is 16.4 Å². The van der Waals surface area contributed by atoms with Crippen molar-refractivity contribution in [2.24, 2.45) is 5.92 Å². The van der Waals surface area contributed by atoms with Gasteiger partial charge in [-0.2, -0.15) is 4.31 Å². The number of halogens is 1. The first kappa shape index (κ1) is 16.1. The molecule has 1 fully saturated rings. The lowest BCUT2D eigenvalue weighted by atomic mass is 9.99. The summed E-state index contributed by atoms with van der Waals surface area (Å²) in [5, 5.41) is 2.65. The second-order valence-corrected chi connectivity index (χ2v) is 7.26. The van der Waals surface area contributed by atoms with E-state index in [1.807, 2.05) is 0 Å². The molecule has 1 heterocycles. The molecule has 21 heavy (non-hydrogen) atoms. The van der Waals surface area contributed by atoms with Crippen LogP contribution < -0.4 is 11.1 Å².